The lowest BCUT2D eigenvalue weighted by atomic mass is 9.97. The second-order valence-corrected chi connectivity index (χ2v) is 5.13. The number of pyridine rings is 1. The van der Waals surface area contributed by atoms with Crippen molar-refractivity contribution in [3.8, 4) is 28.2 Å². The van der Waals surface area contributed by atoms with Crippen LogP contribution in [-0.2, 0) is 0 Å². The van der Waals surface area contributed by atoms with Crippen molar-refractivity contribution < 1.29 is 18.7 Å². The Kier molecular flexibility index (Phi) is 3.65. The van der Waals surface area contributed by atoms with Crippen molar-refractivity contribution >= 4 is 5.78 Å². The van der Waals surface area contributed by atoms with Crippen LogP contribution in [0.4, 0.5) is 4.39 Å². The molecule has 0 aliphatic carbocycles. The maximum absolute atomic E-state index is 14.5. The molecule has 3 rings (SSSR count). The molecule has 0 aliphatic rings. The highest BCUT2D eigenvalue weighted by molar-refractivity contribution is 5.98. The fourth-order valence-corrected chi connectivity index (χ4v) is 2.43. The van der Waals surface area contributed by atoms with Gasteiger partial charge >= 0.3 is 0 Å². The number of hydrogen-bond donors (Lipinski definition) is 1. The minimum absolute atomic E-state index is 0.109. The lowest BCUT2D eigenvalue weighted by Gasteiger charge is -2.10. The molecule has 1 N–H and O–H groups in total. The molecule has 0 spiro atoms. The lowest BCUT2D eigenvalue weighted by Crippen LogP contribution is -1.97. The molecule has 5 nitrogen and oxygen atoms in total. The summed E-state index contributed by atoms with van der Waals surface area (Å²) in [5.74, 6) is -0.676. The molecule has 23 heavy (non-hydrogen) atoms. The van der Waals surface area contributed by atoms with Gasteiger partial charge in [-0.2, -0.15) is 0 Å². The molecular formula is C17H13FN2O3. The third-order valence-electron chi connectivity index (χ3n) is 3.55. The quantitative estimate of drug-likeness (QED) is 0.745. The largest absolute Gasteiger partial charge is 0.506 e. The highest BCUT2D eigenvalue weighted by Crippen LogP contribution is 2.35. The Hall–Kier alpha value is -3.02. The van der Waals surface area contributed by atoms with Gasteiger partial charge in [0.15, 0.2) is 23.6 Å². The minimum atomic E-state index is -0.544. The summed E-state index contributed by atoms with van der Waals surface area (Å²) < 4.78 is 19.8. The Morgan fingerprint density at radius 3 is 2.74 bits per heavy atom. The number of aryl methyl sites for hydroxylation is 1. The van der Waals surface area contributed by atoms with E-state index in [0.717, 1.165) is 6.39 Å². The normalized spacial score (nSPS) is 10.7. The summed E-state index contributed by atoms with van der Waals surface area (Å²) >= 11 is 0. The zero-order valence-corrected chi connectivity index (χ0v) is 12.5. The molecule has 0 bridgehead atoms. The molecule has 2 aromatic heterocycles. The standard InChI is InChI=1S/C17H13FN2O3/c1-9-5-13(11-3-4-19-7-15(11)22)14(18)6-12(9)17-16(10(2)21)20-8-23-17/h3-8,22H,1-2H3. The van der Waals surface area contributed by atoms with Crippen molar-refractivity contribution in [2.24, 2.45) is 0 Å². The molecular weight excluding hydrogens is 299 g/mol. The summed E-state index contributed by atoms with van der Waals surface area (Å²) in [6, 6.07) is 4.39. The first kappa shape index (κ1) is 14.9. The van der Waals surface area contributed by atoms with E-state index >= 15 is 0 Å². The van der Waals surface area contributed by atoms with E-state index in [9.17, 15) is 14.3 Å². The van der Waals surface area contributed by atoms with Crippen LogP contribution in [0.3, 0.4) is 0 Å². The maximum atomic E-state index is 14.5. The van der Waals surface area contributed by atoms with Crippen molar-refractivity contribution in [1.82, 2.24) is 9.97 Å². The van der Waals surface area contributed by atoms with Crippen LogP contribution in [0.5, 0.6) is 5.75 Å². The fraction of sp³-hybridized carbons (Fsp3) is 0.118. The van der Waals surface area contributed by atoms with E-state index in [-0.39, 0.29) is 28.6 Å². The molecule has 0 radical (unpaired) electrons. The van der Waals surface area contributed by atoms with Crippen LogP contribution in [0.2, 0.25) is 0 Å². The van der Waals surface area contributed by atoms with Crippen LogP contribution in [0.25, 0.3) is 22.5 Å². The number of rotatable bonds is 3. The second-order valence-electron chi connectivity index (χ2n) is 5.13. The summed E-state index contributed by atoms with van der Waals surface area (Å²) in [5.41, 5.74) is 1.89. The smallest absolute Gasteiger partial charge is 0.182 e. The fourth-order valence-electron chi connectivity index (χ4n) is 2.43. The third kappa shape index (κ3) is 2.59. The molecule has 2 heterocycles. The molecule has 0 saturated carbocycles. The molecule has 0 saturated heterocycles. The number of ketones is 1. The monoisotopic (exact) mass is 312 g/mol. The summed E-state index contributed by atoms with van der Waals surface area (Å²) in [4.78, 5) is 19.2. The van der Waals surface area contributed by atoms with E-state index in [2.05, 4.69) is 9.97 Å². The van der Waals surface area contributed by atoms with Gasteiger partial charge in [-0.25, -0.2) is 9.37 Å². The lowest BCUT2D eigenvalue weighted by molar-refractivity contribution is 0.101. The zero-order chi connectivity index (χ0) is 16.6. The number of halogens is 1. The molecule has 3 aromatic rings. The Balaban J connectivity index is 2.17. The predicted octanol–water partition coefficient (Wildman–Crippen LogP) is 3.76. The molecule has 116 valence electrons. The van der Waals surface area contributed by atoms with Crippen LogP contribution >= 0.6 is 0 Å². The number of hydrogen-bond acceptors (Lipinski definition) is 5. The number of Topliss-reactive ketones (excluding diaryl/α,β-unsaturated/α-hetero) is 1. The number of aromatic nitrogens is 2. The first-order valence-corrected chi connectivity index (χ1v) is 6.87. The predicted molar refractivity (Wildman–Crippen MR) is 81.5 cm³/mol. The van der Waals surface area contributed by atoms with Crippen molar-refractivity contribution in [2.75, 3.05) is 0 Å². The Bertz CT molecular complexity index is 903. The summed E-state index contributed by atoms with van der Waals surface area (Å²) in [7, 11) is 0. The molecule has 0 unspecified atom stereocenters. The molecule has 0 fully saturated rings. The minimum Gasteiger partial charge on any atom is -0.506 e. The zero-order valence-electron chi connectivity index (χ0n) is 12.5. The summed E-state index contributed by atoms with van der Waals surface area (Å²) in [5, 5.41) is 9.85. The molecule has 1 aromatic carbocycles. The van der Waals surface area contributed by atoms with Crippen molar-refractivity contribution in [2.45, 2.75) is 13.8 Å². The number of oxazole rings is 1. The number of aromatic hydroxyl groups is 1. The Labute approximate surface area is 131 Å². The molecule has 0 amide bonds. The van der Waals surface area contributed by atoms with Crippen LogP contribution in [0.15, 0.2) is 41.4 Å². The number of benzene rings is 1. The molecule has 0 atom stereocenters. The van der Waals surface area contributed by atoms with E-state index in [1.165, 1.54) is 31.5 Å². The first-order valence-electron chi connectivity index (χ1n) is 6.87. The van der Waals surface area contributed by atoms with Crippen molar-refractivity contribution in [3.05, 3.63) is 54.1 Å². The van der Waals surface area contributed by atoms with Gasteiger partial charge < -0.3 is 9.52 Å². The van der Waals surface area contributed by atoms with Crippen LogP contribution in [0.1, 0.15) is 23.0 Å². The molecule has 0 aliphatic heterocycles. The molecule has 6 heteroatoms. The van der Waals surface area contributed by atoms with Gasteiger partial charge in [-0.3, -0.25) is 9.78 Å². The van der Waals surface area contributed by atoms with Crippen LogP contribution in [-0.4, -0.2) is 20.9 Å². The van der Waals surface area contributed by atoms with E-state index < -0.39 is 5.82 Å². The van der Waals surface area contributed by atoms with Gasteiger partial charge in [0.05, 0.1) is 6.20 Å². The topological polar surface area (TPSA) is 76.2 Å². The number of nitrogens with zero attached hydrogens (tertiary/aromatic N) is 2. The average Bonchev–Trinajstić information content (AvgIpc) is 2.99. The first-order chi connectivity index (χ1) is 11.0. The van der Waals surface area contributed by atoms with Gasteiger partial charge in [0, 0.05) is 29.8 Å². The van der Waals surface area contributed by atoms with Crippen molar-refractivity contribution in [3.63, 3.8) is 0 Å². The van der Waals surface area contributed by atoms with E-state index in [0.29, 0.717) is 16.7 Å². The SMILES string of the molecule is CC(=O)c1ncoc1-c1cc(F)c(-c2ccncc2O)cc1C. The maximum Gasteiger partial charge on any atom is 0.182 e. The van der Waals surface area contributed by atoms with Crippen LogP contribution in [0, 0.1) is 12.7 Å². The van der Waals surface area contributed by atoms with E-state index in [4.69, 9.17) is 4.42 Å². The van der Waals surface area contributed by atoms with E-state index in [1.807, 2.05) is 0 Å². The van der Waals surface area contributed by atoms with Gasteiger partial charge in [0.2, 0.25) is 0 Å². The van der Waals surface area contributed by atoms with Gasteiger partial charge in [0.25, 0.3) is 0 Å². The third-order valence-corrected chi connectivity index (χ3v) is 3.55. The van der Waals surface area contributed by atoms with Gasteiger partial charge in [-0.15, -0.1) is 0 Å². The Morgan fingerprint density at radius 1 is 1.26 bits per heavy atom. The number of carbonyl (C=O) groups is 1. The van der Waals surface area contributed by atoms with E-state index in [1.54, 1.807) is 13.0 Å². The number of carbonyl (C=O) groups excluding carboxylic acids is 1. The summed E-state index contributed by atoms with van der Waals surface area (Å²) in [6.45, 7) is 3.14. The second kappa shape index (κ2) is 5.64. The van der Waals surface area contributed by atoms with Crippen molar-refractivity contribution in [1.29, 1.82) is 0 Å². The van der Waals surface area contributed by atoms with Gasteiger partial charge in [-0.1, -0.05) is 0 Å². The highest BCUT2D eigenvalue weighted by atomic mass is 19.1. The Morgan fingerprint density at radius 2 is 2.04 bits per heavy atom. The highest BCUT2D eigenvalue weighted by Gasteiger charge is 2.19. The van der Waals surface area contributed by atoms with Gasteiger partial charge in [-0.05, 0) is 30.7 Å². The van der Waals surface area contributed by atoms with Gasteiger partial charge in [0.1, 0.15) is 11.6 Å². The average molecular weight is 312 g/mol. The van der Waals surface area contributed by atoms with Crippen LogP contribution < -0.4 is 0 Å². The summed E-state index contributed by atoms with van der Waals surface area (Å²) in [6.07, 6.45) is 3.89.